The van der Waals surface area contributed by atoms with E-state index in [0.717, 1.165) is 23.5 Å². The van der Waals surface area contributed by atoms with E-state index in [1.54, 1.807) is 6.92 Å². The zero-order valence-electron chi connectivity index (χ0n) is 11.9. The van der Waals surface area contributed by atoms with Gasteiger partial charge < -0.3 is 9.64 Å². The second-order valence-corrected chi connectivity index (χ2v) is 5.85. The van der Waals surface area contributed by atoms with Gasteiger partial charge in [0.15, 0.2) is 5.82 Å². The van der Waals surface area contributed by atoms with Crippen LogP contribution in [0, 0.1) is 0 Å². The van der Waals surface area contributed by atoms with Crippen LogP contribution in [0.25, 0.3) is 11.4 Å². The molecular weight excluding hydrogens is 288 g/mol. The highest BCUT2D eigenvalue weighted by molar-refractivity contribution is 7.99. The molecule has 110 valence electrons. The van der Waals surface area contributed by atoms with Gasteiger partial charge in [-0.2, -0.15) is 0 Å². The van der Waals surface area contributed by atoms with Crippen molar-refractivity contribution in [2.75, 3.05) is 30.9 Å². The van der Waals surface area contributed by atoms with Crippen LogP contribution in [0.5, 0.6) is 5.75 Å². The predicted octanol–water partition coefficient (Wildman–Crippen LogP) is 1.98. The van der Waals surface area contributed by atoms with Gasteiger partial charge in [-0.25, -0.2) is 4.98 Å². The molecule has 1 aliphatic rings. The van der Waals surface area contributed by atoms with E-state index in [4.69, 9.17) is 4.74 Å². The lowest BCUT2D eigenvalue weighted by atomic mass is 10.1. The number of ketones is 1. The zero-order chi connectivity index (χ0) is 14.8. The number of H-pyrrole nitrogens is 1. The Morgan fingerprint density at radius 2 is 2.38 bits per heavy atom. The number of nitrogens with one attached hydrogen (secondary N) is 1. The highest BCUT2D eigenvalue weighted by Crippen LogP contribution is 2.34. The van der Waals surface area contributed by atoms with Crippen LogP contribution in [0.15, 0.2) is 23.4 Å². The van der Waals surface area contributed by atoms with Gasteiger partial charge in [0.1, 0.15) is 18.1 Å². The summed E-state index contributed by atoms with van der Waals surface area (Å²) >= 11 is 1.33. The third-order valence-corrected chi connectivity index (χ3v) is 4.19. The lowest BCUT2D eigenvalue weighted by Gasteiger charge is -2.27. The predicted molar refractivity (Wildman–Crippen MR) is 82.0 cm³/mol. The fourth-order valence-corrected chi connectivity index (χ4v) is 2.71. The number of carbonyl (C=O) groups excluding carboxylic acids is 1. The molecule has 1 aliphatic heterocycles. The number of aromatic nitrogens is 3. The average Bonchev–Trinajstić information content (AvgIpc) is 2.94. The third-order valence-electron chi connectivity index (χ3n) is 3.20. The molecule has 7 heteroatoms. The number of nitrogens with zero attached hydrogens (tertiary/aromatic N) is 3. The number of Topliss-reactive ketones (excluding diaryl/α,β-unsaturated/α-hetero) is 1. The monoisotopic (exact) mass is 304 g/mol. The molecule has 0 fully saturated rings. The smallest absolute Gasteiger partial charge is 0.209 e. The van der Waals surface area contributed by atoms with E-state index in [-0.39, 0.29) is 5.78 Å². The number of aromatic amines is 1. The molecule has 0 bridgehead atoms. The summed E-state index contributed by atoms with van der Waals surface area (Å²) in [4.78, 5) is 17.5. The van der Waals surface area contributed by atoms with Gasteiger partial charge in [-0.3, -0.25) is 9.89 Å². The van der Waals surface area contributed by atoms with Gasteiger partial charge in [0.05, 0.1) is 18.0 Å². The Labute approximate surface area is 126 Å². The largest absolute Gasteiger partial charge is 0.490 e. The van der Waals surface area contributed by atoms with E-state index >= 15 is 0 Å². The molecule has 21 heavy (non-hydrogen) atoms. The molecule has 1 aromatic heterocycles. The second kappa shape index (κ2) is 5.77. The summed E-state index contributed by atoms with van der Waals surface area (Å²) in [6.45, 7) is 3.13. The topological polar surface area (TPSA) is 71.1 Å². The highest BCUT2D eigenvalue weighted by Gasteiger charge is 2.16. The van der Waals surface area contributed by atoms with Crippen LogP contribution in [-0.4, -0.2) is 46.9 Å². The number of thioether (sulfide) groups is 1. The number of fused-ring (bicyclic) bond motifs is 1. The number of likely N-dealkylation sites (N-methyl/N-ethyl adjacent to an activating group) is 1. The first kappa shape index (κ1) is 13.9. The quantitative estimate of drug-likeness (QED) is 0.871. The molecule has 2 heterocycles. The van der Waals surface area contributed by atoms with Crippen LogP contribution in [0.1, 0.15) is 6.92 Å². The van der Waals surface area contributed by atoms with E-state index < -0.39 is 0 Å². The number of anilines is 1. The number of ether oxygens (including phenoxy) is 1. The maximum Gasteiger partial charge on any atom is 0.209 e. The number of rotatable bonds is 4. The molecule has 0 saturated heterocycles. The minimum Gasteiger partial charge on any atom is -0.490 e. The average molecular weight is 304 g/mol. The molecule has 1 aromatic carbocycles. The molecule has 0 amide bonds. The summed E-state index contributed by atoms with van der Waals surface area (Å²) in [5.41, 5.74) is 2.00. The number of carbonyl (C=O) groups is 1. The van der Waals surface area contributed by atoms with E-state index in [2.05, 4.69) is 20.1 Å². The Bertz CT molecular complexity index is 671. The first-order valence-corrected chi connectivity index (χ1v) is 7.65. The van der Waals surface area contributed by atoms with Crippen molar-refractivity contribution < 1.29 is 9.53 Å². The van der Waals surface area contributed by atoms with Crippen molar-refractivity contribution >= 4 is 23.2 Å². The molecule has 6 nitrogen and oxygen atoms in total. The fourth-order valence-electron chi connectivity index (χ4n) is 2.11. The summed E-state index contributed by atoms with van der Waals surface area (Å²) in [5.74, 6) is 2.03. The maximum absolute atomic E-state index is 11.0. The molecule has 0 saturated carbocycles. The van der Waals surface area contributed by atoms with Crippen LogP contribution in [0.2, 0.25) is 0 Å². The van der Waals surface area contributed by atoms with Gasteiger partial charge in [-0.15, -0.1) is 5.10 Å². The molecule has 3 rings (SSSR count). The molecule has 2 aromatic rings. The Morgan fingerprint density at radius 3 is 3.19 bits per heavy atom. The third kappa shape index (κ3) is 3.02. The normalized spacial score (nSPS) is 13.7. The molecule has 0 aliphatic carbocycles. The van der Waals surface area contributed by atoms with E-state index in [1.807, 2.05) is 25.2 Å². The van der Waals surface area contributed by atoms with Gasteiger partial charge in [0.25, 0.3) is 0 Å². The van der Waals surface area contributed by atoms with Crippen molar-refractivity contribution in [3.8, 4) is 17.1 Å². The summed E-state index contributed by atoms with van der Waals surface area (Å²) in [6.07, 6.45) is 0. The van der Waals surface area contributed by atoms with Crippen molar-refractivity contribution in [2.24, 2.45) is 0 Å². The van der Waals surface area contributed by atoms with Crippen LogP contribution < -0.4 is 9.64 Å². The zero-order valence-corrected chi connectivity index (χ0v) is 12.7. The van der Waals surface area contributed by atoms with Crippen LogP contribution >= 0.6 is 11.8 Å². The van der Waals surface area contributed by atoms with Gasteiger partial charge in [-0.05, 0) is 25.1 Å². The highest BCUT2D eigenvalue weighted by atomic mass is 32.2. The Hall–Kier alpha value is -2.02. The van der Waals surface area contributed by atoms with Crippen LogP contribution in [-0.2, 0) is 4.79 Å². The first-order valence-electron chi connectivity index (χ1n) is 6.66. The number of benzene rings is 1. The summed E-state index contributed by atoms with van der Waals surface area (Å²) in [5, 5.41) is 7.60. The van der Waals surface area contributed by atoms with E-state index in [1.165, 1.54) is 11.8 Å². The maximum atomic E-state index is 11.0. The number of hydrogen-bond acceptors (Lipinski definition) is 6. The lowest BCUT2D eigenvalue weighted by Crippen LogP contribution is -2.28. The molecule has 0 atom stereocenters. The lowest BCUT2D eigenvalue weighted by molar-refractivity contribution is -0.114. The first-order chi connectivity index (χ1) is 10.1. The minimum atomic E-state index is 0.108. The Balaban J connectivity index is 1.82. The van der Waals surface area contributed by atoms with E-state index in [9.17, 15) is 4.79 Å². The molecule has 0 spiro atoms. The molecule has 1 N–H and O–H groups in total. The molecule has 0 unspecified atom stereocenters. The summed E-state index contributed by atoms with van der Waals surface area (Å²) < 4.78 is 5.69. The SMILES string of the molecule is CC(=O)CSc1n[nH]c(-c2ccc3c(c2)OCCN3C)n1. The second-order valence-electron chi connectivity index (χ2n) is 4.91. The Morgan fingerprint density at radius 1 is 1.52 bits per heavy atom. The van der Waals surface area contributed by atoms with E-state index in [0.29, 0.717) is 23.3 Å². The summed E-state index contributed by atoms with van der Waals surface area (Å²) in [7, 11) is 2.05. The molecule has 0 radical (unpaired) electrons. The van der Waals surface area contributed by atoms with Gasteiger partial charge in [-0.1, -0.05) is 11.8 Å². The summed E-state index contributed by atoms with van der Waals surface area (Å²) in [6, 6.07) is 5.98. The number of hydrogen-bond donors (Lipinski definition) is 1. The fraction of sp³-hybridized carbons (Fsp3) is 0.357. The van der Waals surface area contributed by atoms with Crippen molar-refractivity contribution in [3.05, 3.63) is 18.2 Å². The van der Waals surface area contributed by atoms with Crippen molar-refractivity contribution in [1.82, 2.24) is 15.2 Å². The van der Waals surface area contributed by atoms with Gasteiger partial charge in [0, 0.05) is 12.6 Å². The van der Waals surface area contributed by atoms with Crippen LogP contribution in [0.4, 0.5) is 5.69 Å². The van der Waals surface area contributed by atoms with Crippen molar-refractivity contribution in [2.45, 2.75) is 12.1 Å². The Kier molecular flexibility index (Phi) is 3.83. The van der Waals surface area contributed by atoms with Crippen molar-refractivity contribution in [1.29, 1.82) is 0 Å². The van der Waals surface area contributed by atoms with Crippen molar-refractivity contribution in [3.63, 3.8) is 0 Å². The van der Waals surface area contributed by atoms with Gasteiger partial charge >= 0.3 is 0 Å². The molecular formula is C14H16N4O2S. The standard InChI is InChI=1S/C14H16N4O2S/c1-9(19)8-21-14-15-13(16-17-14)10-3-4-11-12(7-10)20-6-5-18(11)2/h3-4,7H,5-6,8H2,1-2H3,(H,15,16,17). The van der Waals surface area contributed by atoms with Gasteiger partial charge in [0.2, 0.25) is 5.16 Å². The minimum absolute atomic E-state index is 0.108. The van der Waals surface area contributed by atoms with Crippen LogP contribution in [0.3, 0.4) is 0 Å².